The molecule has 0 N–H and O–H groups in total. The first-order valence-electron chi connectivity index (χ1n) is 6.95. The lowest BCUT2D eigenvalue weighted by molar-refractivity contribution is 0.0773. The largest absolute Gasteiger partial charge is 0.339 e. The van der Waals surface area contributed by atoms with Crippen molar-refractivity contribution in [3.63, 3.8) is 0 Å². The molecule has 1 amide bonds. The SMILES string of the molecule is CCN(CC)C(=O)c1ccncc1-c1ccc(C#N)cc1. The molecule has 0 aliphatic carbocycles. The van der Waals surface area contributed by atoms with Gasteiger partial charge in [-0.05, 0) is 37.6 Å². The predicted molar refractivity (Wildman–Crippen MR) is 81.6 cm³/mol. The highest BCUT2D eigenvalue weighted by atomic mass is 16.2. The van der Waals surface area contributed by atoms with Crippen molar-refractivity contribution in [2.75, 3.05) is 13.1 Å². The lowest BCUT2D eigenvalue weighted by Crippen LogP contribution is -2.30. The smallest absolute Gasteiger partial charge is 0.254 e. The van der Waals surface area contributed by atoms with Crippen LogP contribution in [0.5, 0.6) is 0 Å². The third-order valence-corrected chi connectivity index (χ3v) is 3.43. The summed E-state index contributed by atoms with van der Waals surface area (Å²) < 4.78 is 0. The number of hydrogen-bond donors (Lipinski definition) is 0. The molecule has 0 aliphatic rings. The molecule has 0 bridgehead atoms. The van der Waals surface area contributed by atoms with Crippen molar-refractivity contribution in [1.82, 2.24) is 9.88 Å². The number of amides is 1. The molecule has 0 saturated heterocycles. The number of nitrogens with zero attached hydrogens (tertiary/aromatic N) is 3. The fourth-order valence-corrected chi connectivity index (χ4v) is 2.22. The van der Waals surface area contributed by atoms with Crippen LogP contribution in [-0.4, -0.2) is 28.9 Å². The Morgan fingerprint density at radius 1 is 1.19 bits per heavy atom. The summed E-state index contributed by atoms with van der Waals surface area (Å²) in [5, 5.41) is 8.86. The zero-order valence-corrected chi connectivity index (χ0v) is 12.2. The summed E-state index contributed by atoms with van der Waals surface area (Å²) in [5.41, 5.74) is 2.91. The summed E-state index contributed by atoms with van der Waals surface area (Å²) in [6.45, 7) is 5.27. The Morgan fingerprint density at radius 3 is 2.43 bits per heavy atom. The van der Waals surface area contributed by atoms with E-state index in [4.69, 9.17) is 5.26 Å². The number of carbonyl (C=O) groups is 1. The minimum absolute atomic E-state index is 0.00163. The molecule has 0 atom stereocenters. The normalized spacial score (nSPS) is 9.95. The molecule has 4 nitrogen and oxygen atoms in total. The van der Waals surface area contributed by atoms with Gasteiger partial charge >= 0.3 is 0 Å². The van der Waals surface area contributed by atoms with Crippen molar-refractivity contribution in [3.05, 3.63) is 53.9 Å². The van der Waals surface area contributed by atoms with Crippen LogP contribution in [-0.2, 0) is 0 Å². The highest BCUT2D eigenvalue weighted by Crippen LogP contribution is 2.24. The third kappa shape index (κ3) is 3.09. The van der Waals surface area contributed by atoms with Crippen LogP contribution < -0.4 is 0 Å². The Bertz CT molecular complexity index is 667. The Hall–Kier alpha value is -2.67. The molecular formula is C17H17N3O. The maximum Gasteiger partial charge on any atom is 0.254 e. The van der Waals surface area contributed by atoms with Crippen LogP contribution in [0.3, 0.4) is 0 Å². The van der Waals surface area contributed by atoms with Gasteiger partial charge in [0.1, 0.15) is 0 Å². The molecule has 0 unspecified atom stereocenters. The van der Waals surface area contributed by atoms with Crippen molar-refractivity contribution < 1.29 is 4.79 Å². The summed E-state index contributed by atoms with van der Waals surface area (Å²) in [6.07, 6.45) is 3.32. The maximum absolute atomic E-state index is 12.6. The van der Waals surface area contributed by atoms with E-state index in [1.165, 1.54) is 0 Å². The molecule has 106 valence electrons. The van der Waals surface area contributed by atoms with Gasteiger partial charge in [0.15, 0.2) is 0 Å². The van der Waals surface area contributed by atoms with Gasteiger partial charge < -0.3 is 4.90 Å². The highest BCUT2D eigenvalue weighted by molar-refractivity contribution is 6.00. The van der Waals surface area contributed by atoms with Crippen molar-refractivity contribution in [1.29, 1.82) is 5.26 Å². The van der Waals surface area contributed by atoms with E-state index in [1.54, 1.807) is 35.5 Å². The second kappa shape index (κ2) is 6.67. The first kappa shape index (κ1) is 14.7. The van der Waals surface area contributed by atoms with Gasteiger partial charge in [-0.25, -0.2) is 0 Å². The van der Waals surface area contributed by atoms with Gasteiger partial charge in [-0.1, -0.05) is 12.1 Å². The van der Waals surface area contributed by atoms with Crippen LogP contribution >= 0.6 is 0 Å². The topological polar surface area (TPSA) is 57.0 Å². The summed E-state index contributed by atoms with van der Waals surface area (Å²) in [7, 11) is 0. The van der Waals surface area contributed by atoms with E-state index < -0.39 is 0 Å². The first-order valence-corrected chi connectivity index (χ1v) is 6.95. The van der Waals surface area contributed by atoms with Crippen molar-refractivity contribution in [2.24, 2.45) is 0 Å². The summed E-state index contributed by atoms with van der Waals surface area (Å²) in [4.78, 5) is 18.5. The quantitative estimate of drug-likeness (QED) is 0.864. The van der Waals surface area contributed by atoms with E-state index in [1.807, 2.05) is 26.0 Å². The highest BCUT2D eigenvalue weighted by Gasteiger charge is 2.17. The molecule has 0 spiro atoms. The Balaban J connectivity index is 2.45. The number of nitriles is 1. The second-order valence-electron chi connectivity index (χ2n) is 4.59. The van der Waals surface area contributed by atoms with E-state index in [0.717, 1.165) is 11.1 Å². The van der Waals surface area contributed by atoms with Gasteiger partial charge in [-0.15, -0.1) is 0 Å². The number of benzene rings is 1. The van der Waals surface area contributed by atoms with E-state index in [0.29, 0.717) is 24.2 Å². The second-order valence-corrected chi connectivity index (χ2v) is 4.59. The molecule has 1 heterocycles. The van der Waals surface area contributed by atoms with Gasteiger partial charge in [0.2, 0.25) is 0 Å². The van der Waals surface area contributed by atoms with Crippen molar-refractivity contribution in [3.8, 4) is 17.2 Å². The lowest BCUT2D eigenvalue weighted by Gasteiger charge is -2.20. The zero-order valence-electron chi connectivity index (χ0n) is 12.2. The Labute approximate surface area is 124 Å². The van der Waals surface area contributed by atoms with Crippen molar-refractivity contribution in [2.45, 2.75) is 13.8 Å². The Morgan fingerprint density at radius 2 is 1.86 bits per heavy atom. The van der Waals surface area contributed by atoms with Crippen LogP contribution in [0, 0.1) is 11.3 Å². The number of pyridine rings is 1. The molecule has 2 rings (SSSR count). The van der Waals surface area contributed by atoms with Gasteiger partial charge in [-0.2, -0.15) is 5.26 Å². The van der Waals surface area contributed by atoms with Gasteiger partial charge in [0.25, 0.3) is 5.91 Å². The fourth-order valence-electron chi connectivity index (χ4n) is 2.22. The van der Waals surface area contributed by atoms with E-state index in [2.05, 4.69) is 11.1 Å². The number of aromatic nitrogens is 1. The van der Waals surface area contributed by atoms with Crippen LogP contribution in [0.1, 0.15) is 29.8 Å². The van der Waals surface area contributed by atoms with Gasteiger partial charge in [0, 0.05) is 31.0 Å². The molecule has 0 aliphatic heterocycles. The van der Waals surface area contributed by atoms with E-state index in [-0.39, 0.29) is 5.91 Å². The number of carbonyl (C=O) groups excluding carboxylic acids is 1. The molecule has 1 aromatic carbocycles. The molecule has 4 heteroatoms. The molecule has 1 aromatic heterocycles. The van der Waals surface area contributed by atoms with Crippen LogP contribution in [0.25, 0.3) is 11.1 Å². The Kier molecular flexibility index (Phi) is 4.68. The number of hydrogen-bond acceptors (Lipinski definition) is 3. The predicted octanol–water partition coefficient (Wildman–Crippen LogP) is 3.10. The number of rotatable bonds is 4. The summed E-state index contributed by atoms with van der Waals surface area (Å²) in [6, 6.07) is 11.0. The monoisotopic (exact) mass is 279 g/mol. The van der Waals surface area contributed by atoms with E-state index >= 15 is 0 Å². The average molecular weight is 279 g/mol. The van der Waals surface area contributed by atoms with Gasteiger partial charge in [-0.3, -0.25) is 9.78 Å². The molecule has 0 saturated carbocycles. The first-order chi connectivity index (χ1) is 10.2. The summed E-state index contributed by atoms with van der Waals surface area (Å²) >= 11 is 0. The molecular weight excluding hydrogens is 262 g/mol. The van der Waals surface area contributed by atoms with Crippen LogP contribution in [0.2, 0.25) is 0 Å². The van der Waals surface area contributed by atoms with Gasteiger partial charge in [0.05, 0.1) is 17.2 Å². The van der Waals surface area contributed by atoms with Crippen LogP contribution in [0.15, 0.2) is 42.7 Å². The maximum atomic E-state index is 12.6. The standard InChI is InChI=1S/C17H17N3O/c1-3-20(4-2)17(21)15-9-10-19-12-16(15)14-7-5-13(11-18)6-8-14/h5-10,12H,3-4H2,1-2H3. The minimum Gasteiger partial charge on any atom is -0.339 e. The molecule has 21 heavy (non-hydrogen) atoms. The lowest BCUT2D eigenvalue weighted by atomic mass is 10.00. The molecule has 0 radical (unpaired) electrons. The van der Waals surface area contributed by atoms with Crippen LogP contribution in [0.4, 0.5) is 0 Å². The summed E-state index contributed by atoms with van der Waals surface area (Å²) in [5.74, 6) is 0.00163. The molecule has 2 aromatic rings. The minimum atomic E-state index is 0.00163. The van der Waals surface area contributed by atoms with Crippen molar-refractivity contribution >= 4 is 5.91 Å². The third-order valence-electron chi connectivity index (χ3n) is 3.43. The molecule has 0 fully saturated rings. The van der Waals surface area contributed by atoms with E-state index in [9.17, 15) is 4.79 Å². The fraction of sp³-hybridized carbons (Fsp3) is 0.235. The average Bonchev–Trinajstić information content (AvgIpc) is 2.56. The zero-order chi connectivity index (χ0) is 15.2.